The van der Waals surface area contributed by atoms with Gasteiger partial charge in [-0.1, -0.05) is 34.6 Å². The Bertz CT molecular complexity index is 335. The van der Waals surface area contributed by atoms with Gasteiger partial charge >= 0.3 is 0 Å². The summed E-state index contributed by atoms with van der Waals surface area (Å²) in [7, 11) is 0. The highest BCUT2D eigenvalue weighted by Gasteiger charge is 2.18. The Hall–Kier alpha value is -0.890. The van der Waals surface area contributed by atoms with Gasteiger partial charge in [0.25, 0.3) is 6.23 Å². The molecule has 1 N–H and O–H groups in total. The standard InChI is InChI=1S/C15H26NO/c1-12(2)6-7-14(17)16-10-8-13(9-11-16)15(3,4)5/h8-12,14,17H,6-7H2,1-5H3/q+1/t14-/m1/s1. The van der Waals surface area contributed by atoms with Crippen LogP contribution in [0.15, 0.2) is 24.5 Å². The highest BCUT2D eigenvalue weighted by molar-refractivity contribution is 5.17. The van der Waals surface area contributed by atoms with Crippen LogP contribution in [-0.2, 0) is 5.41 Å². The van der Waals surface area contributed by atoms with Crippen LogP contribution < -0.4 is 4.57 Å². The van der Waals surface area contributed by atoms with Gasteiger partial charge in [-0.15, -0.1) is 0 Å². The first-order chi connectivity index (χ1) is 7.80. The Balaban J connectivity index is 2.67. The molecule has 0 aliphatic heterocycles. The van der Waals surface area contributed by atoms with Crippen LogP contribution in [0.25, 0.3) is 0 Å². The van der Waals surface area contributed by atoms with E-state index in [1.807, 2.05) is 17.0 Å². The number of rotatable bonds is 4. The zero-order chi connectivity index (χ0) is 13.1. The van der Waals surface area contributed by atoms with Crippen molar-refractivity contribution in [1.82, 2.24) is 0 Å². The highest BCUT2D eigenvalue weighted by atomic mass is 16.3. The minimum Gasteiger partial charge on any atom is -0.337 e. The molecule has 0 unspecified atom stereocenters. The van der Waals surface area contributed by atoms with E-state index >= 15 is 0 Å². The second-order valence-corrected chi connectivity index (χ2v) is 6.24. The predicted molar refractivity (Wildman–Crippen MR) is 70.7 cm³/mol. The fourth-order valence-corrected chi connectivity index (χ4v) is 1.77. The van der Waals surface area contributed by atoms with Crippen LogP contribution in [0.3, 0.4) is 0 Å². The Morgan fingerprint density at radius 1 is 1.12 bits per heavy atom. The summed E-state index contributed by atoms with van der Waals surface area (Å²) in [6.07, 6.45) is 5.43. The number of hydrogen-bond donors (Lipinski definition) is 1. The molecule has 0 aliphatic carbocycles. The van der Waals surface area contributed by atoms with E-state index < -0.39 is 6.23 Å². The molecule has 0 aliphatic rings. The molecule has 0 radical (unpaired) electrons. The summed E-state index contributed by atoms with van der Waals surface area (Å²) in [5.41, 5.74) is 1.46. The SMILES string of the molecule is CC(C)CC[C@@H](O)[n+]1ccc(C(C)(C)C)cc1. The number of aromatic nitrogens is 1. The van der Waals surface area contributed by atoms with Gasteiger partial charge in [0.15, 0.2) is 12.4 Å². The van der Waals surface area contributed by atoms with E-state index in [1.54, 1.807) is 0 Å². The lowest BCUT2D eigenvalue weighted by Gasteiger charge is -2.18. The van der Waals surface area contributed by atoms with Crippen molar-refractivity contribution in [2.45, 2.75) is 59.1 Å². The summed E-state index contributed by atoms with van der Waals surface area (Å²) in [6, 6.07) is 4.19. The summed E-state index contributed by atoms with van der Waals surface area (Å²) in [4.78, 5) is 0. The zero-order valence-corrected chi connectivity index (χ0v) is 11.8. The third-order valence-electron chi connectivity index (χ3n) is 3.06. The molecule has 2 heteroatoms. The molecule has 0 fully saturated rings. The first kappa shape index (κ1) is 14.2. The molecule has 0 spiro atoms. The molecular weight excluding hydrogens is 210 g/mol. The Morgan fingerprint density at radius 2 is 1.65 bits per heavy atom. The molecule has 1 rings (SSSR count). The predicted octanol–water partition coefficient (Wildman–Crippen LogP) is 3.20. The molecule has 0 saturated carbocycles. The average molecular weight is 236 g/mol. The second-order valence-electron chi connectivity index (χ2n) is 6.24. The number of pyridine rings is 1. The number of hydrogen-bond acceptors (Lipinski definition) is 1. The van der Waals surface area contributed by atoms with Crippen molar-refractivity contribution in [1.29, 1.82) is 0 Å². The van der Waals surface area contributed by atoms with Crippen LogP contribution in [0.5, 0.6) is 0 Å². The smallest absolute Gasteiger partial charge is 0.259 e. The molecule has 0 bridgehead atoms. The molecular formula is C15H26NO+. The van der Waals surface area contributed by atoms with Gasteiger partial charge in [0.05, 0.1) is 0 Å². The minimum absolute atomic E-state index is 0.169. The number of nitrogens with zero attached hydrogens (tertiary/aromatic N) is 1. The zero-order valence-electron chi connectivity index (χ0n) is 11.8. The van der Waals surface area contributed by atoms with Crippen molar-refractivity contribution in [3.63, 3.8) is 0 Å². The van der Waals surface area contributed by atoms with Crippen LogP contribution in [-0.4, -0.2) is 5.11 Å². The van der Waals surface area contributed by atoms with E-state index in [0.29, 0.717) is 5.92 Å². The molecule has 17 heavy (non-hydrogen) atoms. The maximum absolute atomic E-state index is 10.0. The molecule has 1 atom stereocenters. The van der Waals surface area contributed by atoms with E-state index in [-0.39, 0.29) is 5.41 Å². The molecule has 0 amide bonds. The summed E-state index contributed by atoms with van der Waals surface area (Å²) < 4.78 is 1.89. The van der Waals surface area contributed by atoms with Crippen molar-refractivity contribution in [2.24, 2.45) is 5.92 Å². The number of aliphatic hydroxyl groups excluding tert-OH is 1. The van der Waals surface area contributed by atoms with Crippen molar-refractivity contribution < 1.29 is 9.67 Å². The molecule has 2 nitrogen and oxygen atoms in total. The second kappa shape index (κ2) is 5.63. The van der Waals surface area contributed by atoms with Crippen molar-refractivity contribution in [2.75, 3.05) is 0 Å². The van der Waals surface area contributed by atoms with Gasteiger partial charge in [-0.3, -0.25) is 0 Å². The van der Waals surface area contributed by atoms with E-state index in [4.69, 9.17) is 0 Å². The average Bonchev–Trinajstić information content (AvgIpc) is 2.25. The molecule has 0 saturated heterocycles. The third kappa shape index (κ3) is 4.47. The Morgan fingerprint density at radius 3 is 2.06 bits per heavy atom. The van der Waals surface area contributed by atoms with Gasteiger partial charge in [0.2, 0.25) is 0 Å². The molecule has 1 heterocycles. The maximum atomic E-state index is 10.0. The van der Waals surface area contributed by atoms with Crippen LogP contribution in [0, 0.1) is 5.92 Å². The van der Waals surface area contributed by atoms with Gasteiger partial charge in [0, 0.05) is 18.6 Å². The van der Waals surface area contributed by atoms with Gasteiger partial charge < -0.3 is 5.11 Å². The third-order valence-corrected chi connectivity index (χ3v) is 3.06. The summed E-state index contributed by atoms with van der Waals surface area (Å²) in [5.74, 6) is 0.638. The van der Waals surface area contributed by atoms with E-state index in [9.17, 15) is 5.11 Å². The number of aliphatic hydroxyl groups is 1. The van der Waals surface area contributed by atoms with Gasteiger partial charge in [-0.05, 0) is 23.3 Å². The lowest BCUT2D eigenvalue weighted by molar-refractivity contribution is -0.760. The fraction of sp³-hybridized carbons (Fsp3) is 0.667. The van der Waals surface area contributed by atoms with Crippen molar-refractivity contribution >= 4 is 0 Å². The van der Waals surface area contributed by atoms with Gasteiger partial charge in [-0.25, -0.2) is 0 Å². The van der Waals surface area contributed by atoms with Crippen molar-refractivity contribution in [3.8, 4) is 0 Å². The van der Waals surface area contributed by atoms with Crippen LogP contribution in [0.1, 0.15) is 59.3 Å². The summed E-state index contributed by atoms with van der Waals surface area (Å²) in [5, 5.41) is 10.0. The maximum Gasteiger partial charge on any atom is 0.259 e. The monoisotopic (exact) mass is 236 g/mol. The van der Waals surface area contributed by atoms with Gasteiger partial charge in [-0.2, -0.15) is 4.57 Å². The van der Waals surface area contributed by atoms with E-state index in [2.05, 4.69) is 46.8 Å². The van der Waals surface area contributed by atoms with E-state index in [0.717, 1.165) is 12.8 Å². The highest BCUT2D eigenvalue weighted by Crippen LogP contribution is 2.20. The first-order valence-corrected chi connectivity index (χ1v) is 6.50. The Labute approximate surface area is 105 Å². The summed E-state index contributed by atoms with van der Waals surface area (Å²) >= 11 is 0. The van der Waals surface area contributed by atoms with Crippen LogP contribution >= 0.6 is 0 Å². The van der Waals surface area contributed by atoms with Gasteiger partial charge in [0.1, 0.15) is 0 Å². The normalized spacial score (nSPS) is 14.1. The molecule has 0 aromatic carbocycles. The quantitative estimate of drug-likeness (QED) is 0.798. The van der Waals surface area contributed by atoms with Crippen molar-refractivity contribution in [3.05, 3.63) is 30.1 Å². The minimum atomic E-state index is -0.397. The van der Waals surface area contributed by atoms with Crippen LogP contribution in [0.2, 0.25) is 0 Å². The Kier molecular flexibility index (Phi) is 4.70. The summed E-state index contributed by atoms with van der Waals surface area (Å²) in [6.45, 7) is 11.0. The lowest BCUT2D eigenvalue weighted by Crippen LogP contribution is -2.39. The lowest BCUT2D eigenvalue weighted by atomic mass is 9.88. The first-order valence-electron chi connectivity index (χ1n) is 6.50. The molecule has 1 aromatic rings. The largest absolute Gasteiger partial charge is 0.337 e. The molecule has 96 valence electrons. The fourth-order valence-electron chi connectivity index (χ4n) is 1.77. The molecule has 1 aromatic heterocycles. The topological polar surface area (TPSA) is 24.1 Å². The van der Waals surface area contributed by atoms with E-state index in [1.165, 1.54) is 5.56 Å². The van der Waals surface area contributed by atoms with Crippen LogP contribution in [0.4, 0.5) is 0 Å².